The second-order valence-corrected chi connectivity index (χ2v) is 5.40. The van der Waals surface area contributed by atoms with Crippen molar-refractivity contribution >= 4 is 23.6 Å². The topological polar surface area (TPSA) is 58.6 Å². The van der Waals surface area contributed by atoms with Crippen LogP contribution in [-0.2, 0) is 0 Å². The summed E-state index contributed by atoms with van der Waals surface area (Å²) >= 11 is 0. The SMILES string of the molecule is Cc1ccccc1-c1nc(C=C2C=Nc3ccccc32)c(O)o1. The van der Waals surface area contributed by atoms with E-state index in [2.05, 4.69) is 9.98 Å². The zero-order valence-electron chi connectivity index (χ0n) is 12.5. The Hall–Kier alpha value is -3.14. The van der Waals surface area contributed by atoms with Crippen LogP contribution in [0.3, 0.4) is 0 Å². The summed E-state index contributed by atoms with van der Waals surface area (Å²) in [4.78, 5) is 8.77. The maximum Gasteiger partial charge on any atom is 0.310 e. The van der Waals surface area contributed by atoms with Gasteiger partial charge in [-0.1, -0.05) is 36.4 Å². The van der Waals surface area contributed by atoms with Crippen LogP contribution in [0.1, 0.15) is 16.8 Å². The normalized spacial score (nSPS) is 14.4. The molecule has 0 unspecified atom stereocenters. The second kappa shape index (κ2) is 5.25. The molecule has 0 bridgehead atoms. The van der Waals surface area contributed by atoms with Crippen molar-refractivity contribution in [2.45, 2.75) is 6.92 Å². The van der Waals surface area contributed by atoms with E-state index in [-0.39, 0.29) is 5.95 Å². The predicted molar refractivity (Wildman–Crippen MR) is 90.8 cm³/mol. The molecule has 0 saturated heterocycles. The van der Waals surface area contributed by atoms with Crippen molar-refractivity contribution in [2.75, 3.05) is 0 Å². The van der Waals surface area contributed by atoms with Gasteiger partial charge in [0, 0.05) is 22.9 Å². The summed E-state index contributed by atoms with van der Waals surface area (Å²) in [5.41, 5.74) is 5.16. The molecule has 0 spiro atoms. The third-order valence-electron chi connectivity index (χ3n) is 3.86. The van der Waals surface area contributed by atoms with Crippen molar-refractivity contribution in [3.8, 4) is 17.4 Å². The Labute approximate surface area is 133 Å². The van der Waals surface area contributed by atoms with E-state index in [1.165, 1.54) is 0 Å². The molecule has 0 aliphatic carbocycles. The zero-order valence-corrected chi connectivity index (χ0v) is 12.5. The van der Waals surface area contributed by atoms with Crippen LogP contribution in [0.15, 0.2) is 57.9 Å². The fraction of sp³-hybridized carbons (Fsp3) is 0.0526. The van der Waals surface area contributed by atoms with Gasteiger partial charge in [0.05, 0.1) is 5.69 Å². The first kappa shape index (κ1) is 13.5. The molecule has 2 aromatic carbocycles. The first-order valence-electron chi connectivity index (χ1n) is 7.33. The number of oxazole rings is 1. The Morgan fingerprint density at radius 3 is 2.57 bits per heavy atom. The third-order valence-corrected chi connectivity index (χ3v) is 3.86. The van der Waals surface area contributed by atoms with Crippen LogP contribution in [0, 0.1) is 6.92 Å². The van der Waals surface area contributed by atoms with E-state index < -0.39 is 0 Å². The summed E-state index contributed by atoms with van der Waals surface area (Å²) in [6.07, 6.45) is 3.56. The van der Waals surface area contributed by atoms with Crippen LogP contribution in [0.2, 0.25) is 0 Å². The van der Waals surface area contributed by atoms with Crippen molar-refractivity contribution in [3.63, 3.8) is 0 Å². The minimum Gasteiger partial charge on any atom is -0.479 e. The maximum absolute atomic E-state index is 10.1. The Balaban J connectivity index is 1.77. The highest BCUT2D eigenvalue weighted by atomic mass is 16.5. The molecule has 0 amide bonds. The van der Waals surface area contributed by atoms with Crippen LogP contribution in [0.25, 0.3) is 23.1 Å². The Morgan fingerprint density at radius 1 is 1.00 bits per heavy atom. The Bertz CT molecular complexity index is 952. The van der Waals surface area contributed by atoms with Crippen molar-refractivity contribution in [1.29, 1.82) is 0 Å². The summed E-state index contributed by atoms with van der Waals surface area (Å²) in [5.74, 6) is 0.226. The third kappa shape index (κ3) is 2.34. The van der Waals surface area contributed by atoms with Gasteiger partial charge in [0.2, 0.25) is 5.89 Å². The highest BCUT2D eigenvalue weighted by Crippen LogP contribution is 2.35. The van der Waals surface area contributed by atoms with E-state index in [0.717, 1.165) is 28.0 Å². The van der Waals surface area contributed by atoms with E-state index >= 15 is 0 Å². The van der Waals surface area contributed by atoms with E-state index in [0.29, 0.717) is 11.6 Å². The number of aryl methyl sites for hydroxylation is 1. The molecule has 4 rings (SSSR count). The molecular formula is C19H14N2O2. The number of aliphatic imine (C=N–C) groups is 1. The van der Waals surface area contributed by atoms with Gasteiger partial charge in [-0.25, -0.2) is 4.98 Å². The summed E-state index contributed by atoms with van der Waals surface area (Å²) in [7, 11) is 0. The molecule has 0 saturated carbocycles. The minimum atomic E-state index is -0.187. The average Bonchev–Trinajstić information content (AvgIpc) is 3.13. The van der Waals surface area contributed by atoms with Crippen LogP contribution >= 0.6 is 0 Å². The molecular weight excluding hydrogens is 288 g/mol. The van der Waals surface area contributed by atoms with Gasteiger partial charge < -0.3 is 9.52 Å². The number of para-hydroxylation sites is 1. The number of allylic oxidation sites excluding steroid dienone is 1. The summed E-state index contributed by atoms with van der Waals surface area (Å²) in [6, 6.07) is 15.6. The lowest BCUT2D eigenvalue weighted by molar-refractivity contribution is 0.336. The van der Waals surface area contributed by atoms with Gasteiger partial charge in [0.25, 0.3) is 0 Å². The van der Waals surface area contributed by atoms with Gasteiger partial charge in [-0.05, 0) is 30.7 Å². The van der Waals surface area contributed by atoms with Crippen LogP contribution in [0.5, 0.6) is 5.95 Å². The number of fused-ring (bicyclic) bond motifs is 1. The predicted octanol–water partition coefficient (Wildman–Crippen LogP) is 4.61. The van der Waals surface area contributed by atoms with Gasteiger partial charge in [0.1, 0.15) is 5.69 Å². The lowest BCUT2D eigenvalue weighted by Gasteiger charge is -1.98. The largest absolute Gasteiger partial charge is 0.479 e. The van der Waals surface area contributed by atoms with Gasteiger partial charge in [-0.2, -0.15) is 0 Å². The average molecular weight is 302 g/mol. The van der Waals surface area contributed by atoms with Crippen molar-refractivity contribution in [1.82, 2.24) is 4.98 Å². The summed E-state index contributed by atoms with van der Waals surface area (Å²) < 4.78 is 5.44. The van der Waals surface area contributed by atoms with Gasteiger partial charge in [-0.15, -0.1) is 0 Å². The molecule has 0 atom stereocenters. The number of aromatic nitrogens is 1. The first-order chi connectivity index (χ1) is 11.2. The number of hydrogen-bond donors (Lipinski definition) is 1. The molecule has 2 heterocycles. The molecule has 1 N–H and O–H groups in total. The smallest absolute Gasteiger partial charge is 0.310 e. The molecule has 1 aliphatic rings. The number of aromatic hydroxyl groups is 1. The summed E-state index contributed by atoms with van der Waals surface area (Å²) in [5, 5.41) is 10.1. The lowest BCUT2D eigenvalue weighted by atomic mass is 10.1. The van der Waals surface area contributed by atoms with Gasteiger partial charge >= 0.3 is 5.95 Å². The van der Waals surface area contributed by atoms with Gasteiger partial charge in [-0.3, -0.25) is 4.99 Å². The molecule has 1 aliphatic heterocycles. The van der Waals surface area contributed by atoms with Crippen molar-refractivity contribution in [2.24, 2.45) is 4.99 Å². The van der Waals surface area contributed by atoms with Crippen LogP contribution < -0.4 is 0 Å². The highest BCUT2D eigenvalue weighted by molar-refractivity contribution is 6.21. The van der Waals surface area contributed by atoms with E-state index in [4.69, 9.17) is 4.42 Å². The maximum atomic E-state index is 10.1. The zero-order chi connectivity index (χ0) is 15.8. The van der Waals surface area contributed by atoms with Crippen LogP contribution in [0.4, 0.5) is 5.69 Å². The second-order valence-electron chi connectivity index (χ2n) is 5.40. The van der Waals surface area contributed by atoms with E-state index in [1.54, 1.807) is 12.3 Å². The molecule has 23 heavy (non-hydrogen) atoms. The fourth-order valence-electron chi connectivity index (χ4n) is 2.65. The van der Waals surface area contributed by atoms with E-state index in [9.17, 15) is 5.11 Å². The quantitative estimate of drug-likeness (QED) is 0.752. The standard InChI is InChI=1S/C19H14N2O2/c1-12-6-2-3-7-14(12)18-21-17(19(22)23-18)10-13-11-20-16-9-5-4-8-15(13)16/h2-11,22H,1H3. The summed E-state index contributed by atoms with van der Waals surface area (Å²) in [6.45, 7) is 1.98. The lowest BCUT2D eigenvalue weighted by Crippen LogP contribution is -1.84. The molecule has 3 aromatic rings. The first-order valence-corrected chi connectivity index (χ1v) is 7.33. The molecule has 4 heteroatoms. The van der Waals surface area contributed by atoms with Crippen LogP contribution in [-0.4, -0.2) is 16.3 Å². The fourth-order valence-corrected chi connectivity index (χ4v) is 2.65. The van der Waals surface area contributed by atoms with Crippen molar-refractivity contribution in [3.05, 3.63) is 65.4 Å². The Kier molecular flexibility index (Phi) is 3.08. The van der Waals surface area contributed by atoms with Crippen molar-refractivity contribution < 1.29 is 9.52 Å². The molecule has 112 valence electrons. The Morgan fingerprint density at radius 2 is 1.74 bits per heavy atom. The minimum absolute atomic E-state index is 0.187. The molecule has 0 fully saturated rings. The molecule has 1 aromatic heterocycles. The monoisotopic (exact) mass is 302 g/mol. The number of hydrogen-bond acceptors (Lipinski definition) is 4. The molecule has 4 nitrogen and oxygen atoms in total. The van der Waals surface area contributed by atoms with Gasteiger partial charge in [0.15, 0.2) is 0 Å². The number of rotatable bonds is 2. The van der Waals surface area contributed by atoms with E-state index in [1.807, 2.05) is 55.5 Å². The molecule has 0 radical (unpaired) electrons. The highest BCUT2D eigenvalue weighted by Gasteiger charge is 2.17. The number of nitrogens with zero attached hydrogens (tertiary/aromatic N) is 2. The number of benzene rings is 2.